The zero-order chi connectivity index (χ0) is 13.9. The lowest BCUT2D eigenvalue weighted by Crippen LogP contribution is -1.97. The molecule has 0 aliphatic carbocycles. The zero-order valence-corrected chi connectivity index (χ0v) is 11.9. The fourth-order valence-corrected chi connectivity index (χ4v) is 2.40. The largest absolute Gasteiger partial charge is 0.156 e. The van der Waals surface area contributed by atoms with Crippen molar-refractivity contribution >= 4 is 10.8 Å². The summed E-state index contributed by atoms with van der Waals surface area (Å²) in [6, 6.07) is 17.4. The van der Waals surface area contributed by atoms with Crippen molar-refractivity contribution in [1.29, 1.82) is 0 Å². The molecule has 0 N–H and O–H groups in total. The van der Waals surface area contributed by atoms with E-state index in [0.717, 1.165) is 24.2 Å². The van der Waals surface area contributed by atoms with Crippen LogP contribution in [-0.2, 0) is 12.8 Å². The highest BCUT2D eigenvalue weighted by molar-refractivity contribution is 5.83. The summed E-state index contributed by atoms with van der Waals surface area (Å²) in [5.41, 5.74) is 4.68. The Morgan fingerprint density at radius 2 is 1.55 bits per heavy atom. The van der Waals surface area contributed by atoms with Crippen molar-refractivity contribution in [2.75, 3.05) is 0 Å². The lowest BCUT2D eigenvalue weighted by atomic mass is 10.0. The minimum Gasteiger partial charge on any atom is -0.156 e. The molecule has 1 heterocycles. The van der Waals surface area contributed by atoms with Crippen molar-refractivity contribution in [2.45, 2.75) is 26.7 Å². The highest BCUT2D eigenvalue weighted by Crippen LogP contribution is 2.18. The summed E-state index contributed by atoms with van der Waals surface area (Å²) in [5, 5.41) is 10.9. The number of benzene rings is 2. The van der Waals surface area contributed by atoms with Crippen LogP contribution in [0, 0.1) is 13.8 Å². The zero-order valence-electron chi connectivity index (χ0n) is 11.9. The van der Waals surface area contributed by atoms with Crippen molar-refractivity contribution in [2.24, 2.45) is 0 Å². The van der Waals surface area contributed by atoms with Crippen molar-refractivity contribution in [3.8, 4) is 0 Å². The smallest absolute Gasteiger partial charge is 0.0634 e. The van der Waals surface area contributed by atoms with E-state index in [2.05, 4.69) is 59.6 Å². The van der Waals surface area contributed by atoms with Crippen LogP contribution in [0.1, 0.15) is 22.5 Å². The van der Waals surface area contributed by atoms with Crippen molar-refractivity contribution in [3.05, 3.63) is 71.0 Å². The van der Waals surface area contributed by atoms with E-state index in [1.165, 1.54) is 21.9 Å². The summed E-state index contributed by atoms with van der Waals surface area (Å²) in [6.07, 6.45) is 1.94. The Bertz CT molecular complexity index is 730. The van der Waals surface area contributed by atoms with E-state index in [-0.39, 0.29) is 0 Å². The van der Waals surface area contributed by atoms with Crippen LogP contribution in [0.3, 0.4) is 0 Å². The van der Waals surface area contributed by atoms with Gasteiger partial charge in [0.25, 0.3) is 0 Å². The molecule has 2 nitrogen and oxygen atoms in total. The molecule has 0 radical (unpaired) electrons. The topological polar surface area (TPSA) is 25.8 Å². The van der Waals surface area contributed by atoms with Crippen molar-refractivity contribution in [3.63, 3.8) is 0 Å². The van der Waals surface area contributed by atoms with Crippen molar-refractivity contribution in [1.82, 2.24) is 10.2 Å². The monoisotopic (exact) mass is 262 g/mol. The SMILES string of the molecule is Cc1ccc2cc(CCc3ccc(C)nn3)ccc2c1. The predicted molar refractivity (Wildman–Crippen MR) is 82.9 cm³/mol. The highest BCUT2D eigenvalue weighted by Gasteiger charge is 2.00. The molecule has 100 valence electrons. The molecule has 0 saturated heterocycles. The second-order valence-corrected chi connectivity index (χ2v) is 5.35. The van der Waals surface area contributed by atoms with Gasteiger partial charge in [0.05, 0.1) is 11.4 Å². The maximum Gasteiger partial charge on any atom is 0.0634 e. The lowest BCUT2D eigenvalue weighted by molar-refractivity contribution is 0.845. The van der Waals surface area contributed by atoms with Crippen LogP contribution in [-0.4, -0.2) is 10.2 Å². The second kappa shape index (κ2) is 5.41. The van der Waals surface area contributed by atoms with Gasteiger partial charge in [-0.1, -0.05) is 42.0 Å². The Morgan fingerprint density at radius 1 is 0.750 bits per heavy atom. The summed E-state index contributed by atoms with van der Waals surface area (Å²) in [4.78, 5) is 0. The van der Waals surface area contributed by atoms with E-state index in [4.69, 9.17) is 0 Å². The number of fused-ring (bicyclic) bond motifs is 1. The standard InChI is InChI=1S/C18H18N2/c1-13-3-7-17-12-15(5-8-16(17)11-13)6-10-18-9-4-14(2)19-20-18/h3-5,7-9,11-12H,6,10H2,1-2H3. The minimum absolute atomic E-state index is 0.935. The van der Waals surface area contributed by atoms with Crippen LogP contribution in [0.15, 0.2) is 48.5 Å². The fraction of sp³-hybridized carbons (Fsp3) is 0.222. The summed E-state index contributed by atoms with van der Waals surface area (Å²) >= 11 is 0. The fourth-order valence-electron chi connectivity index (χ4n) is 2.40. The molecule has 0 aliphatic rings. The summed E-state index contributed by atoms with van der Waals surface area (Å²) in [7, 11) is 0. The third-order valence-electron chi connectivity index (χ3n) is 3.58. The van der Waals surface area contributed by atoms with Crippen LogP contribution in [0.25, 0.3) is 10.8 Å². The third kappa shape index (κ3) is 2.85. The minimum atomic E-state index is 0.935. The molecule has 0 fully saturated rings. The van der Waals surface area contributed by atoms with Gasteiger partial charge in [-0.3, -0.25) is 0 Å². The Hall–Kier alpha value is -2.22. The van der Waals surface area contributed by atoms with Gasteiger partial charge in [0.15, 0.2) is 0 Å². The Morgan fingerprint density at radius 3 is 2.35 bits per heavy atom. The average molecular weight is 262 g/mol. The van der Waals surface area contributed by atoms with Crippen LogP contribution in [0.5, 0.6) is 0 Å². The maximum atomic E-state index is 4.22. The number of rotatable bonds is 3. The quantitative estimate of drug-likeness (QED) is 0.712. The molecule has 0 unspecified atom stereocenters. The number of nitrogens with zero attached hydrogens (tertiary/aromatic N) is 2. The molecule has 3 rings (SSSR count). The normalized spacial score (nSPS) is 10.9. The molecule has 0 bridgehead atoms. The molecule has 2 aromatic carbocycles. The number of hydrogen-bond donors (Lipinski definition) is 0. The van der Waals surface area contributed by atoms with Crippen LogP contribution in [0.4, 0.5) is 0 Å². The van der Waals surface area contributed by atoms with E-state index in [1.54, 1.807) is 0 Å². The molecule has 0 atom stereocenters. The van der Waals surface area contributed by atoms with E-state index >= 15 is 0 Å². The van der Waals surface area contributed by atoms with E-state index in [0.29, 0.717) is 0 Å². The van der Waals surface area contributed by atoms with Crippen LogP contribution in [0.2, 0.25) is 0 Å². The van der Waals surface area contributed by atoms with Gasteiger partial charge in [-0.05, 0) is 55.2 Å². The molecular formula is C18H18N2. The number of hydrogen-bond acceptors (Lipinski definition) is 2. The first-order valence-electron chi connectivity index (χ1n) is 6.99. The molecule has 0 aliphatic heterocycles. The molecule has 1 aromatic heterocycles. The third-order valence-corrected chi connectivity index (χ3v) is 3.58. The summed E-state index contributed by atoms with van der Waals surface area (Å²) in [5.74, 6) is 0. The Labute approximate surface area is 119 Å². The number of aromatic nitrogens is 2. The first-order chi connectivity index (χ1) is 9.70. The summed E-state index contributed by atoms with van der Waals surface area (Å²) in [6.45, 7) is 4.09. The predicted octanol–water partition coefficient (Wildman–Crippen LogP) is 4.03. The van der Waals surface area contributed by atoms with Gasteiger partial charge >= 0.3 is 0 Å². The second-order valence-electron chi connectivity index (χ2n) is 5.35. The van der Waals surface area contributed by atoms with Crippen molar-refractivity contribution < 1.29 is 0 Å². The molecule has 0 saturated carbocycles. The molecule has 3 aromatic rings. The molecule has 2 heteroatoms. The average Bonchev–Trinajstić information content (AvgIpc) is 2.46. The van der Waals surface area contributed by atoms with Gasteiger partial charge < -0.3 is 0 Å². The van der Waals surface area contributed by atoms with Gasteiger partial charge in [0, 0.05) is 0 Å². The number of aryl methyl sites for hydroxylation is 4. The van der Waals surface area contributed by atoms with Crippen LogP contribution >= 0.6 is 0 Å². The molecule has 0 spiro atoms. The Balaban J connectivity index is 1.77. The van der Waals surface area contributed by atoms with E-state index < -0.39 is 0 Å². The molecule has 0 amide bonds. The summed E-state index contributed by atoms with van der Waals surface area (Å²) < 4.78 is 0. The Kier molecular flexibility index (Phi) is 3.46. The van der Waals surface area contributed by atoms with Gasteiger partial charge in [-0.25, -0.2) is 0 Å². The van der Waals surface area contributed by atoms with E-state index in [1.807, 2.05) is 13.0 Å². The van der Waals surface area contributed by atoms with Crippen LogP contribution < -0.4 is 0 Å². The van der Waals surface area contributed by atoms with Gasteiger partial charge in [0.2, 0.25) is 0 Å². The molecular weight excluding hydrogens is 244 g/mol. The van der Waals surface area contributed by atoms with Gasteiger partial charge in [-0.15, -0.1) is 0 Å². The maximum absolute atomic E-state index is 4.22. The first-order valence-corrected chi connectivity index (χ1v) is 6.99. The first kappa shape index (κ1) is 12.8. The van der Waals surface area contributed by atoms with E-state index in [9.17, 15) is 0 Å². The lowest BCUT2D eigenvalue weighted by Gasteiger charge is -2.05. The van der Waals surface area contributed by atoms with Gasteiger partial charge in [0.1, 0.15) is 0 Å². The highest BCUT2D eigenvalue weighted by atomic mass is 15.1. The molecule has 20 heavy (non-hydrogen) atoms. The van der Waals surface area contributed by atoms with Gasteiger partial charge in [-0.2, -0.15) is 10.2 Å².